The second-order valence-corrected chi connectivity index (χ2v) is 4.14. The van der Waals surface area contributed by atoms with Crippen molar-refractivity contribution in [3.8, 4) is 0 Å². The number of rotatable bonds is 9. The van der Waals surface area contributed by atoms with Gasteiger partial charge in [-0.15, -0.1) is 0 Å². The molecule has 0 aliphatic heterocycles. The van der Waals surface area contributed by atoms with Crippen LogP contribution in [-0.4, -0.2) is 44.2 Å². The summed E-state index contributed by atoms with van der Waals surface area (Å²) in [5.74, 6) is -0.0952. The molecule has 1 saturated carbocycles. The largest absolute Gasteiger partial charge is 0.370 e. The molecule has 1 rings (SSSR count). The first-order chi connectivity index (χ1) is 8.22. The first-order valence-corrected chi connectivity index (χ1v) is 6.06. The average Bonchev–Trinajstić information content (AvgIpc) is 3.09. The molecule has 1 aliphatic carbocycles. The number of carbonyl (C=O) groups excluding carboxylic acids is 2. The topological polar surface area (TPSA) is 93.4 Å². The van der Waals surface area contributed by atoms with Gasteiger partial charge in [0.25, 0.3) is 0 Å². The maximum Gasteiger partial charge on any atom is 0.245 e. The third-order valence-corrected chi connectivity index (χ3v) is 2.34. The molecule has 2 amide bonds. The summed E-state index contributed by atoms with van der Waals surface area (Å²) < 4.78 is 4.97. The Morgan fingerprint density at radius 3 is 2.71 bits per heavy atom. The number of amides is 2. The number of ether oxygens (including phenoxy) is 1. The van der Waals surface area contributed by atoms with Crippen LogP contribution in [0.15, 0.2) is 0 Å². The highest BCUT2D eigenvalue weighted by atomic mass is 16.5. The minimum absolute atomic E-state index is 0.0332. The number of nitrogens with two attached hydrogens (primary N) is 1. The molecule has 0 radical (unpaired) electrons. The van der Waals surface area contributed by atoms with Gasteiger partial charge in [-0.25, -0.2) is 0 Å². The number of hydrogen-bond donors (Lipinski definition) is 3. The molecule has 0 aromatic heterocycles. The minimum Gasteiger partial charge on any atom is -0.370 e. The van der Waals surface area contributed by atoms with Crippen molar-refractivity contribution in [2.24, 2.45) is 5.73 Å². The summed E-state index contributed by atoms with van der Waals surface area (Å²) in [6.45, 7) is 1.33. The fraction of sp³-hybridized carbons (Fsp3) is 0.818. The lowest BCUT2D eigenvalue weighted by Crippen LogP contribution is -2.31. The highest BCUT2D eigenvalue weighted by Gasteiger charge is 2.22. The van der Waals surface area contributed by atoms with Crippen LogP contribution in [0.25, 0.3) is 0 Å². The molecule has 0 saturated heterocycles. The van der Waals surface area contributed by atoms with Crippen molar-refractivity contribution in [2.75, 3.05) is 26.3 Å². The van der Waals surface area contributed by atoms with Crippen LogP contribution in [-0.2, 0) is 14.3 Å². The molecule has 4 N–H and O–H groups in total. The van der Waals surface area contributed by atoms with Crippen molar-refractivity contribution in [2.45, 2.75) is 31.7 Å². The quantitative estimate of drug-likeness (QED) is 0.459. The zero-order valence-corrected chi connectivity index (χ0v) is 10.0. The third-order valence-electron chi connectivity index (χ3n) is 2.34. The number of hydrogen-bond acceptors (Lipinski definition) is 4. The Morgan fingerprint density at radius 2 is 2.06 bits per heavy atom. The Kier molecular flexibility index (Phi) is 6.57. The molecule has 0 spiro atoms. The Morgan fingerprint density at radius 1 is 1.29 bits per heavy atom. The lowest BCUT2D eigenvalue weighted by Gasteiger charge is -2.06. The summed E-state index contributed by atoms with van der Waals surface area (Å²) in [5, 5.41) is 5.57. The summed E-state index contributed by atoms with van der Waals surface area (Å²) in [7, 11) is 0. The van der Waals surface area contributed by atoms with E-state index in [1.54, 1.807) is 0 Å². The average molecular weight is 243 g/mol. The first-order valence-electron chi connectivity index (χ1n) is 6.06. The first kappa shape index (κ1) is 13.9. The van der Waals surface area contributed by atoms with E-state index in [1.807, 2.05) is 0 Å². The van der Waals surface area contributed by atoms with Gasteiger partial charge in [-0.3, -0.25) is 9.59 Å². The second-order valence-electron chi connectivity index (χ2n) is 4.14. The molecule has 6 nitrogen and oxygen atoms in total. The molecule has 0 heterocycles. The molecule has 0 atom stereocenters. The molecule has 0 aromatic carbocycles. The lowest BCUT2D eigenvalue weighted by molar-refractivity contribution is -0.126. The Hall–Kier alpha value is -1.14. The maximum atomic E-state index is 11.3. The van der Waals surface area contributed by atoms with E-state index >= 15 is 0 Å². The highest BCUT2D eigenvalue weighted by molar-refractivity contribution is 5.78. The lowest BCUT2D eigenvalue weighted by atomic mass is 10.3. The van der Waals surface area contributed by atoms with Gasteiger partial charge in [-0.05, 0) is 19.3 Å². The highest BCUT2D eigenvalue weighted by Crippen LogP contribution is 2.18. The van der Waals surface area contributed by atoms with E-state index in [2.05, 4.69) is 10.6 Å². The zero-order chi connectivity index (χ0) is 12.5. The van der Waals surface area contributed by atoms with Crippen molar-refractivity contribution in [3.63, 3.8) is 0 Å². The molecule has 1 aliphatic rings. The molecule has 0 bridgehead atoms. The monoisotopic (exact) mass is 243 g/mol. The summed E-state index contributed by atoms with van der Waals surface area (Å²) in [5.41, 5.74) is 5.21. The van der Waals surface area contributed by atoms with Crippen molar-refractivity contribution >= 4 is 11.8 Å². The van der Waals surface area contributed by atoms with Gasteiger partial charge in [0.15, 0.2) is 0 Å². The van der Waals surface area contributed by atoms with Crippen LogP contribution in [0.4, 0.5) is 0 Å². The summed E-state index contributed by atoms with van der Waals surface area (Å²) >= 11 is 0. The molecule has 0 aromatic rings. The van der Waals surface area contributed by atoms with Crippen molar-refractivity contribution in [1.82, 2.24) is 10.6 Å². The molecule has 1 fully saturated rings. The summed E-state index contributed by atoms with van der Waals surface area (Å²) in [6, 6.07) is 0.404. The molecule has 17 heavy (non-hydrogen) atoms. The SMILES string of the molecule is NCCOCC(=O)NCCCC(=O)NC1CC1. The normalized spacial score (nSPS) is 14.4. The van der Waals surface area contributed by atoms with Crippen LogP contribution in [0.1, 0.15) is 25.7 Å². The summed E-state index contributed by atoms with van der Waals surface area (Å²) in [6.07, 6.45) is 3.31. The van der Waals surface area contributed by atoms with Crippen LogP contribution >= 0.6 is 0 Å². The van der Waals surface area contributed by atoms with E-state index in [9.17, 15) is 9.59 Å². The third kappa shape index (κ3) is 7.70. The van der Waals surface area contributed by atoms with Crippen LogP contribution in [0.5, 0.6) is 0 Å². The molecular formula is C11H21N3O3. The predicted molar refractivity (Wildman–Crippen MR) is 63.3 cm³/mol. The Labute approximate surface area is 101 Å². The molecule has 6 heteroatoms. The number of carbonyl (C=O) groups is 2. The van der Waals surface area contributed by atoms with Crippen molar-refractivity contribution in [1.29, 1.82) is 0 Å². The van der Waals surface area contributed by atoms with E-state index < -0.39 is 0 Å². The fourth-order valence-electron chi connectivity index (χ4n) is 1.30. The maximum absolute atomic E-state index is 11.3. The second kappa shape index (κ2) is 8.03. The van der Waals surface area contributed by atoms with E-state index in [0.717, 1.165) is 12.8 Å². The van der Waals surface area contributed by atoms with E-state index in [4.69, 9.17) is 10.5 Å². The van der Waals surface area contributed by atoms with Gasteiger partial charge in [0.2, 0.25) is 11.8 Å². The van der Waals surface area contributed by atoms with Gasteiger partial charge in [0, 0.05) is 25.6 Å². The van der Waals surface area contributed by atoms with E-state index in [0.29, 0.717) is 38.6 Å². The van der Waals surface area contributed by atoms with Gasteiger partial charge in [0.1, 0.15) is 6.61 Å². The van der Waals surface area contributed by atoms with Gasteiger partial charge in [0.05, 0.1) is 6.61 Å². The Bertz CT molecular complexity index is 254. The van der Waals surface area contributed by atoms with E-state index in [1.165, 1.54) is 0 Å². The molecule has 0 unspecified atom stereocenters. The van der Waals surface area contributed by atoms with Crippen LogP contribution in [0.2, 0.25) is 0 Å². The smallest absolute Gasteiger partial charge is 0.245 e. The van der Waals surface area contributed by atoms with Gasteiger partial charge < -0.3 is 21.1 Å². The van der Waals surface area contributed by atoms with Gasteiger partial charge in [-0.2, -0.15) is 0 Å². The molecular weight excluding hydrogens is 222 g/mol. The standard InChI is InChI=1S/C11H21N3O3/c12-5-7-17-8-11(16)13-6-1-2-10(15)14-9-3-4-9/h9H,1-8,12H2,(H,13,16)(H,14,15). The van der Waals surface area contributed by atoms with Gasteiger partial charge >= 0.3 is 0 Å². The fourth-order valence-corrected chi connectivity index (χ4v) is 1.30. The molecule has 98 valence electrons. The zero-order valence-electron chi connectivity index (χ0n) is 10.0. The van der Waals surface area contributed by atoms with Crippen LogP contribution in [0, 0.1) is 0 Å². The number of nitrogens with one attached hydrogen (secondary N) is 2. The predicted octanol–water partition coefficient (Wildman–Crippen LogP) is -0.863. The summed E-state index contributed by atoms with van der Waals surface area (Å²) in [4.78, 5) is 22.5. The van der Waals surface area contributed by atoms with Crippen LogP contribution in [0.3, 0.4) is 0 Å². The van der Waals surface area contributed by atoms with Crippen LogP contribution < -0.4 is 16.4 Å². The van der Waals surface area contributed by atoms with Crippen molar-refractivity contribution < 1.29 is 14.3 Å². The van der Waals surface area contributed by atoms with E-state index in [-0.39, 0.29) is 18.4 Å². The Balaban J connectivity index is 1.88. The minimum atomic E-state index is -0.166. The van der Waals surface area contributed by atoms with Crippen molar-refractivity contribution in [3.05, 3.63) is 0 Å². The van der Waals surface area contributed by atoms with Gasteiger partial charge in [-0.1, -0.05) is 0 Å².